The highest BCUT2D eigenvalue weighted by molar-refractivity contribution is 5.68. The van der Waals surface area contributed by atoms with Gasteiger partial charge in [-0.05, 0) is 38.5 Å². The molecule has 1 aliphatic heterocycles. The van der Waals surface area contributed by atoms with Gasteiger partial charge in [-0.2, -0.15) is 10.2 Å². The van der Waals surface area contributed by atoms with E-state index in [0.717, 1.165) is 90.4 Å². The zero-order valence-electron chi connectivity index (χ0n) is 22.1. The highest BCUT2D eigenvalue weighted by Gasteiger charge is 2.13. The van der Waals surface area contributed by atoms with Gasteiger partial charge in [-0.25, -0.2) is 4.98 Å². The van der Waals surface area contributed by atoms with E-state index in [4.69, 9.17) is 10.2 Å². The number of aromatic nitrogens is 6. The zero-order valence-corrected chi connectivity index (χ0v) is 22.1. The van der Waals surface area contributed by atoms with E-state index in [0.29, 0.717) is 6.54 Å². The first-order valence-corrected chi connectivity index (χ1v) is 13.1. The molecule has 1 saturated heterocycles. The zero-order chi connectivity index (χ0) is 25.8. The Kier molecular flexibility index (Phi) is 7.52. The molecule has 0 atom stereocenters. The molecule has 5 heterocycles. The molecular formula is C28H37N9. The second kappa shape index (κ2) is 11.1. The Morgan fingerprint density at radius 1 is 1.14 bits per heavy atom. The first-order valence-electron chi connectivity index (χ1n) is 13.1. The SMILES string of the molecule is C=C(N/C(C)=c1\c(CC)nn(Cc2ccn(CCN3CCNCC3)n2)\c1=C\C)c1cnc2ccccn12. The summed E-state index contributed by atoms with van der Waals surface area (Å²) in [6.07, 6.45) is 8.90. The van der Waals surface area contributed by atoms with Gasteiger partial charge in [0.1, 0.15) is 5.65 Å². The molecule has 5 rings (SSSR count). The molecule has 4 aromatic heterocycles. The van der Waals surface area contributed by atoms with Gasteiger partial charge < -0.3 is 10.6 Å². The molecule has 9 nitrogen and oxygen atoms in total. The third kappa shape index (κ3) is 5.38. The van der Waals surface area contributed by atoms with Gasteiger partial charge in [-0.15, -0.1) is 0 Å². The van der Waals surface area contributed by atoms with Crippen LogP contribution in [0.4, 0.5) is 0 Å². The molecular weight excluding hydrogens is 462 g/mol. The van der Waals surface area contributed by atoms with Crippen molar-refractivity contribution in [3.05, 3.63) is 77.1 Å². The standard InChI is InChI=1S/C28H37N9/c1-5-24-28(22(4)31-21(3)26-19-30-27-9-7-8-13-36(26)27)25(6-2)37(33-24)20-23-10-14-35(32-23)18-17-34-15-11-29-12-16-34/h6-10,13-14,19,29,31H,3,5,11-12,15-18,20H2,1-2,4H3/b25-6+,28-22+. The summed E-state index contributed by atoms with van der Waals surface area (Å²) in [5.74, 6) is 0. The summed E-state index contributed by atoms with van der Waals surface area (Å²) in [6, 6.07) is 8.08. The van der Waals surface area contributed by atoms with Crippen LogP contribution in [0.15, 0.2) is 49.4 Å². The Morgan fingerprint density at radius 3 is 2.76 bits per heavy atom. The fourth-order valence-corrected chi connectivity index (χ4v) is 5.05. The smallest absolute Gasteiger partial charge is 0.137 e. The summed E-state index contributed by atoms with van der Waals surface area (Å²) >= 11 is 0. The molecule has 0 saturated carbocycles. The van der Waals surface area contributed by atoms with Gasteiger partial charge in [0.15, 0.2) is 0 Å². The number of piperazine rings is 1. The van der Waals surface area contributed by atoms with E-state index in [1.54, 1.807) is 0 Å². The monoisotopic (exact) mass is 499 g/mol. The Hall–Kier alpha value is -3.69. The number of aryl methyl sites for hydroxylation is 1. The van der Waals surface area contributed by atoms with E-state index in [9.17, 15) is 0 Å². The first kappa shape index (κ1) is 25.0. The molecule has 1 fully saturated rings. The lowest BCUT2D eigenvalue weighted by molar-refractivity contribution is 0.229. The van der Waals surface area contributed by atoms with Crippen molar-refractivity contribution < 1.29 is 0 Å². The lowest BCUT2D eigenvalue weighted by Gasteiger charge is -2.26. The molecule has 2 N–H and O–H groups in total. The average molecular weight is 500 g/mol. The third-order valence-electron chi connectivity index (χ3n) is 6.97. The van der Waals surface area contributed by atoms with Gasteiger partial charge >= 0.3 is 0 Å². The molecule has 9 heteroatoms. The summed E-state index contributed by atoms with van der Waals surface area (Å²) < 4.78 is 6.16. The largest absolute Gasteiger partial charge is 0.357 e. The number of hydrogen-bond acceptors (Lipinski definition) is 6. The quantitative estimate of drug-likeness (QED) is 0.363. The summed E-state index contributed by atoms with van der Waals surface area (Å²) in [5.41, 5.74) is 5.73. The number of imidazole rings is 1. The summed E-state index contributed by atoms with van der Waals surface area (Å²) in [4.78, 5) is 6.98. The second-order valence-corrected chi connectivity index (χ2v) is 9.47. The maximum absolute atomic E-state index is 4.98. The van der Waals surface area contributed by atoms with Crippen molar-refractivity contribution in [3.8, 4) is 0 Å². The normalized spacial score (nSPS) is 15.9. The van der Waals surface area contributed by atoms with E-state index in [2.05, 4.69) is 75.6 Å². The molecule has 4 aromatic rings. The number of fused-ring (bicyclic) bond motifs is 1. The van der Waals surface area contributed by atoms with Crippen molar-refractivity contribution in [3.63, 3.8) is 0 Å². The van der Waals surface area contributed by atoms with Crippen LogP contribution in [0.1, 0.15) is 37.9 Å². The predicted molar refractivity (Wildman–Crippen MR) is 148 cm³/mol. The maximum atomic E-state index is 4.98. The van der Waals surface area contributed by atoms with Crippen LogP contribution in [0.2, 0.25) is 0 Å². The molecule has 0 bridgehead atoms. The molecule has 0 spiro atoms. The third-order valence-corrected chi connectivity index (χ3v) is 6.97. The van der Waals surface area contributed by atoms with Crippen LogP contribution >= 0.6 is 0 Å². The van der Waals surface area contributed by atoms with E-state index in [-0.39, 0.29) is 0 Å². The molecule has 194 valence electrons. The van der Waals surface area contributed by atoms with Crippen molar-refractivity contribution in [1.82, 2.24) is 44.5 Å². The molecule has 1 aliphatic rings. The van der Waals surface area contributed by atoms with Crippen LogP contribution in [0.25, 0.3) is 23.1 Å². The van der Waals surface area contributed by atoms with Crippen molar-refractivity contribution in [2.75, 3.05) is 32.7 Å². The van der Waals surface area contributed by atoms with Crippen LogP contribution in [0.3, 0.4) is 0 Å². The Morgan fingerprint density at radius 2 is 1.97 bits per heavy atom. The lowest BCUT2D eigenvalue weighted by atomic mass is 10.2. The predicted octanol–water partition coefficient (Wildman–Crippen LogP) is 1.43. The van der Waals surface area contributed by atoms with Gasteiger partial charge in [0.25, 0.3) is 0 Å². The number of rotatable bonds is 9. The molecule has 0 radical (unpaired) electrons. The van der Waals surface area contributed by atoms with Gasteiger partial charge in [-0.1, -0.05) is 25.6 Å². The van der Waals surface area contributed by atoms with Crippen LogP contribution in [-0.2, 0) is 19.5 Å². The minimum Gasteiger partial charge on any atom is -0.357 e. The topological polar surface area (TPSA) is 80.2 Å². The van der Waals surface area contributed by atoms with Gasteiger partial charge in [-0.3, -0.25) is 18.7 Å². The summed E-state index contributed by atoms with van der Waals surface area (Å²) in [5, 5.41) is 19.0. The fraction of sp³-hybridized carbons (Fsp3) is 0.393. The Bertz CT molecular complexity index is 1500. The van der Waals surface area contributed by atoms with Crippen molar-refractivity contribution >= 4 is 23.1 Å². The Balaban J connectivity index is 1.36. The molecule has 0 aliphatic carbocycles. The van der Waals surface area contributed by atoms with Gasteiger partial charge in [0.05, 0.1) is 47.4 Å². The molecule has 0 aromatic carbocycles. The highest BCUT2D eigenvalue weighted by atomic mass is 15.3. The minimum absolute atomic E-state index is 0.634. The molecule has 0 unspecified atom stereocenters. The Labute approximate surface area is 217 Å². The second-order valence-electron chi connectivity index (χ2n) is 9.47. The van der Waals surface area contributed by atoms with E-state index in [1.165, 1.54) is 0 Å². The van der Waals surface area contributed by atoms with Crippen LogP contribution in [-0.4, -0.2) is 66.6 Å². The first-order chi connectivity index (χ1) is 18.1. The summed E-state index contributed by atoms with van der Waals surface area (Å²) in [6.45, 7) is 17.5. The van der Waals surface area contributed by atoms with Gasteiger partial charge in [0.2, 0.25) is 0 Å². The number of nitrogens with zero attached hydrogens (tertiary/aromatic N) is 7. The number of hydrogen-bond donors (Lipinski definition) is 2. The highest BCUT2D eigenvalue weighted by Crippen LogP contribution is 2.13. The fourth-order valence-electron chi connectivity index (χ4n) is 5.05. The van der Waals surface area contributed by atoms with Crippen molar-refractivity contribution in [2.45, 2.75) is 40.3 Å². The van der Waals surface area contributed by atoms with Crippen LogP contribution in [0.5, 0.6) is 0 Å². The molecule has 37 heavy (non-hydrogen) atoms. The van der Waals surface area contributed by atoms with Crippen LogP contribution in [0, 0.1) is 0 Å². The lowest BCUT2D eigenvalue weighted by Crippen LogP contribution is -2.44. The number of nitrogens with one attached hydrogen (secondary N) is 2. The van der Waals surface area contributed by atoms with E-state index < -0.39 is 0 Å². The van der Waals surface area contributed by atoms with Crippen LogP contribution < -0.4 is 21.2 Å². The molecule has 0 amide bonds. The van der Waals surface area contributed by atoms with Gasteiger partial charge in [0, 0.05) is 56.0 Å². The van der Waals surface area contributed by atoms with Crippen molar-refractivity contribution in [1.29, 1.82) is 0 Å². The number of pyridine rings is 1. The van der Waals surface area contributed by atoms with E-state index >= 15 is 0 Å². The minimum atomic E-state index is 0.634. The van der Waals surface area contributed by atoms with E-state index in [1.807, 2.05) is 35.0 Å². The van der Waals surface area contributed by atoms with Crippen molar-refractivity contribution in [2.24, 2.45) is 0 Å². The summed E-state index contributed by atoms with van der Waals surface area (Å²) in [7, 11) is 0. The average Bonchev–Trinajstić information content (AvgIpc) is 3.64. The maximum Gasteiger partial charge on any atom is 0.137 e.